The smallest absolute Gasteiger partial charge is 0.312 e. The van der Waals surface area contributed by atoms with E-state index in [0.29, 0.717) is 18.3 Å². The number of carboxylic acids is 1. The summed E-state index contributed by atoms with van der Waals surface area (Å²) in [7, 11) is 0. The molecule has 0 aromatic rings. The Kier molecular flexibility index (Phi) is 6.28. The normalized spacial score (nSPS) is 44.7. The molecular weight excluding hydrogens is 424 g/mol. The summed E-state index contributed by atoms with van der Waals surface area (Å²) in [6.45, 7) is 15.4. The zero-order valence-corrected chi connectivity index (χ0v) is 22.5. The standard InChI is InChI=1S/C30H46O4/c1-18(2)9-8-10-19(3)20-11-16-29(6)25-21(12-15-28(20,29)5)27(4)14-13-24(32)30(7,26(33)34)23(27)17-22(25)31/h9,19-20,23-24,32H,8,10-17H2,1-7H3,(H,33,34). The highest BCUT2D eigenvalue weighted by Crippen LogP contribution is 2.71. The van der Waals surface area contributed by atoms with Crippen LogP contribution in [0.15, 0.2) is 22.8 Å². The van der Waals surface area contributed by atoms with Crippen LogP contribution < -0.4 is 0 Å². The Balaban J connectivity index is 1.73. The molecule has 2 saturated carbocycles. The number of allylic oxidation sites excluding steroid dienone is 4. The van der Waals surface area contributed by atoms with Crippen LogP contribution in [0.5, 0.6) is 0 Å². The van der Waals surface area contributed by atoms with Gasteiger partial charge in [0.15, 0.2) is 5.78 Å². The fourth-order valence-corrected chi connectivity index (χ4v) is 9.15. The van der Waals surface area contributed by atoms with Crippen LogP contribution in [-0.2, 0) is 9.59 Å². The van der Waals surface area contributed by atoms with Gasteiger partial charge in [-0.3, -0.25) is 9.59 Å². The fourth-order valence-electron chi connectivity index (χ4n) is 9.15. The number of rotatable bonds is 5. The molecule has 4 aliphatic rings. The van der Waals surface area contributed by atoms with Crippen molar-refractivity contribution in [2.75, 3.05) is 0 Å². The lowest BCUT2D eigenvalue weighted by Gasteiger charge is -2.60. The van der Waals surface area contributed by atoms with E-state index in [9.17, 15) is 19.8 Å². The van der Waals surface area contributed by atoms with Crippen molar-refractivity contribution in [2.24, 2.45) is 39.4 Å². The van der Waals surface area contributed by atoms with Gasteiger partial charge in [-0.1, -0.05) is 44.9 Å². The van der Waals surface area contributed by atoms with Gasteiger partial charge in [-0.05, 0) is 101 Å². The van der Waals surface area contributed by atoms with Gasteiger partial charge in [0, 0.05) is 17.4 Å². The van der Waals surface area contributed by atoms with Crippen molar-refractivity contribution in [3.05, 3.63) is 22.8 Å². The second kappa shape index (κ2) is 8.32. The molecule has 0 saturated heterocycles. The highest BCUT2D eigenvalue weighted by Gasteiger charge is 2.67. The van der Waals surface area contributed by atoms with Crippen LogP contribution in [0.3, 0.4) is 0 Å². The van der Waals surface area contributed by atoms with E-state index in [1.54, 1.807) is 6.92 Å². The second-order valence-corrected chi connectivity index (χ2v) is 13.3. The highest BCUT2D eigenvalue weighted by atomic mass is 16.4. The molecule has 0 aromatic heterocycles. The largest absolute Gasteiger partial charge is 0.481 e. The number of aliphatic hydroxyl groups is 1. The molecule has 0 radical (unpaired) electrons. The molecule has 2 fully saturated rings. The predicted octanol–water partition coefficient (Wildman–Crippen LogP) is 6.72. The van der Waals surface area contributed by atoms with Crippen LogP contribution in [0.1, 0.15) is 106 Å². The molecule has 0 aliphatic heterocycles. The Morgan fingerprint density at radius 2 is 1.79 bits per heavy atom. The average Bonchev–Trinajstić information content (AvgIpc) is 3.03. The summed E-state index contributed by atoms with van der Waals surface area (Å²) in [6, 6.07) is 0. The number of carbonyl (C=O) groups excluding carboxylic acids is 1. The minimum Gasteiger partial charge on any atom is -0.481 e. The number of hydrogen-bond donors (Lipinski definition) is 2. The lowest BCUT2D eigenvalue weighted by Crippen LogP contribution is -2.60. The molecule has 0 amide bonds. The zero-order chi connectivity index (χ0) is 25.3. The van der Waals surface area contributed by atoms with E-state index in [4.69, 9.17) is 0 Å². The van der Waals surface area contributed by atoms with Gasteiger partial charge in [0.25, 0.3) is 0 Å². The Morgan fingerprint density at radius 1 is 1.12 bits per heavy atom. The van der Waals surface area contributed by atoms with E-state index in [-0.39, 0.29) is 34.4 Å². The van der Waals surface area contributed by atoms with Crippen LogP contribution in [-0.4, -0.2) is 28.1 Å². The van der Waals surface area contributed by atoms with E-state index in [1.807, 2.05) is 0 Å². The van der Waals surface area contributed by atoms with Gasteiger partial charge in [-0.25, -0.2) is 0 Å². The molecule has 190 valence electrons. The number of aliphatic carboxylic acids is 1. The molecule has 4 nitrogen and oxygen atoms in total. The molecule has 0 spiro atoms. The van der Waals surface area contributed by atoms with Gasteiger partial charge in [-0.2, -0.15) is 0 Å². The molecule has 34 heavy (non-hydrogen) atoms. The first-order valence-corrected chi connectivity index (χ1v) is 13.6. The van der Waals surface area contributed by atoms with Crippen molar-refractivity contribution in [2.45, 2.75) is 112 Å². The van der Waals surface area contributed by atoms with Gasteiger partial charge in [0.1, 0.15) is 0 Å². The number of ketones is 1. The van der Waals surface area contributed by atoms with Crippen LogP contribution in [0.4, 0.5) is 0 Å². The average molecular weight is 471 g/mol. The van der Waals surface area contributed by atoms with E-state index >= 15 is 0 Å². The summed E-state index contributed by atoms with van der Waals surface area (Å²) in [5.41, 5.74) is 2.03. The Labute approximate surface area is 206 Å². The van der Waals surface area contributed by atoms with Crippen molar-refractivity contribution in [3.8, 4) is 0 Å². The Hall–Kier alpha value is -1.42. The first-order chi connectivity index (χ1) is 15.7. The van der Waals surface area contributed by atoms with Crippen molar-refractivity contribution in [3.63, 3.8) is 0 Å². The molecule has 8 unspecified atom stereocenters. The summed E-state index contributed by atoms with van der Waals surface area (Å²) in [4.78, 5) is 26.3. The van der Waals surface area contributed by atoms with Crippen molar-refractivity contribution in [1.82, 2.24) is 0 Å². The molecule has 4 aliphatic carbocycles. The molecule has 0 bridgehead atoms. The minimum absolute atomic E-state index is 0.0966. The lowest BCUT2D eigenvalue weighted by molar-refractivity contribution is -0.176. The molecule has 0 aromatic carbocycles. The fraction of sp³-hybridized carbons (Fsp3) is 0.800. The number of carbonyl (C=O) groups is 2. The van der Waals surface area contributed by atoms with Crippen molar-refractivity contribution < 1.29 is 19.8 Å². The third-order valence-corrected chi connectivity index (χ3v) is 11.6. The third-order valence-electron chi connectivity index (χ3n) is 11.6. The third kappa shape index (κ3) is 3.33. The topological polar surface area (TPSA) is 74.6 Å². The summed E-state index contributed by atoms with van der Waals surface area (Å²) < 4.78 is 0. The summed E-state index contributed by atoms with van der Waals surface area (Å²) >= 11 is 0. The molecular formula is C30H46O4. The maximum Gasteiger partial charge on any atom is 0.312 e. The summed E-state index contributed by atoms with van der Waals surface area (Å²) in [6.07, 6.45) is 9.43. The predicted molar refractivity (Wildman–Crippen MR) is 135 cm³/mol. The van der Waals surface area contributed by atoms with Gasteiger partial charge < -0.3 is 10.2 Å². The monoisotopic (exact) mass is 470 g/mol. The maximum absolute atomic E-state index is 13.9. The van der Waals surface area contributed by atoms with Gasteiger partial charge in [0.05, 0.1) is 11.5 Å². The van der Waals surface area contributed by atoms with Crippen LogP contribution in [0.25, 0.3) is 0 Å². The number of Topliss-reactive ketones (excluding diaryl/α,β-unsaturated/α-hetero) is 1. The number of aliphatic hydroxyl groups excluding tert-OH is 1. The molecule has 0 heterocycles. The van der Waals surface area contributed by atoms with E-state index in [1.165, 1.54) is 24.0 Å². The van der Waals surface area contributed by atoms with Gasteiger partial charge in [-0.15, -0.1) is 0 Å². The number of fused-ring (bicyclic) bond motifs is 4. The van der Waals surface area contributed by atoms with Gasteiger partial charge >= 0.3 is 5.97 Å². The summed E-state index contributed by atoms with van der Waals surface area (Å²) in [5.74, 6) is 0.0661. The van der Waals surface area contributed by atoms with Crippen LogP contribution in [0, 0.1) is 39.4 Å². The number of hydrogen-bond acceptors (Lipinski definition) is 3. The Bertz CT molecular complexity index is 941. The van der Waals surface area contributed by atoms with E-state index in [0.717, 1.165) is 37.7 Å². The quantitative estimate of drug-likeness (QED) is 0.437. The van der Waals surface area contributed by atoms with Crippen molar-refractivity contribution >= 4 is 11.8 Å². The minimum atomic E-state index is -1.28. The SMILES string of the molecule is CC(C)=CCCC(C)C1CCC2(C)C3=C(CCC12C)C1(C)CCC(O)C(C)(C(=O)O)C1CC3=O. The highest BCUT2D eigenvalue weighted by molar-refractivity contribution is 6.00. The van der Waals surface area contributed by atoms with Gasteiger partial charge in [0.2, 0.25) is 0 Å². The lowest BCUT2D eigenvalue weighted by atomic mass is 9.42. The number of carboxylic acid groups (broad SMARTS) is 1. The second-order valence-electron chi connectivity index (χ2n) is 13.3. The molecule has 4 heteroatoms. The van der Waals surface area contributed by atoms with Crippen LogP contribution >= 0.6 is 0 Å². The first-order valence-electron chi connectivity index (χ1n) is 13.6. The van der Waals surface area contributed by atoms with E-state index < -0.39 is 17.5 Å². The Morgan fingerprint density at radius 3 is 2.41 bits per heavy atom. The summed E-state index contributed by atoms with van der Waals surface area (Å²) in [5, 5.41) is 20.9. The molecule has 8 atom stereocenters. The van der Waals surface area contributed by atoms with Crippen molar-refractivity contribution in [1.29, 1.82) is 0 Å². The zero-order valence-electron chi connectivity index (χ0n) is 22.5. The van der Waals surface area contributed by atoms with E-state index in [2.05, 4.69) is 47.6 Å². The first kappa shape index (κ1) is 25.7. The molecule has 2 N–H and O–H groups in total. The molecule has 4 rings (SSSR count). The maximum atomic E-state index is 13.9. The van der Waals surface area contributed by atoms with Crippen LogP contribution in [0.2, 0.25) is 0 Å².